The molecule has 0 saturated heterocycles. The second-order valence-electron chi connectivity index (χ2n) is 6.42. The van der Waals surface area contributed by atoms with E-state index in [1.54, 1.807) is 7.11 Å². The minimum Gasteiger partial charge on any atom is -0.497 e. The van der Waals surface area contributed by atoms with Crippen molar-refractivity contribution in [2.45, 2.75) is 13.3 Å². The van der Waals surface area contributed by atoms with E-state index in [0.717, 1.165) is 35.0 Å². The van der Waals surface area contributed by atoms with E-state index >= 15 is 0 Å². The molecule has 148 valence electrons. The molecule has 0 fully saturated rings. The number of hydrogen-bond acceptors (Lipinski definition) is 4. The maximum Gasteiger partial charge on any atom is 0.342 e. The van der Waals surface area contributed by atoms with Gasteiger partial charge in [-0.25, -0.2) is 9.80 Å². The van der Waals surface area contributed by atoms with Crippen molar-refractivity contribution in [3.05, 3.63) is 59.1 Å². The van der Waals surface area contributed by atoms with Crippen LogP contribution in [0.2, 0.25) is 5.02 Å². The third-order valence-electron chi connectivity index (χ3n) is 4.54. The summed E-state index contributed by atoms with van der Waals surface area (Å²) in [5.41, 5.74) is 2.66. The van der Waals surface area contributed by atoms with Crippen LogP contribution in [0.4, 0.5) is 10.5 Å². The van der Waals surface area contributed by atoms with Gasteiger partial charge in [-0.3, -0.25) is 0 Å². The van der Waals surface area contributed by atoms with Gasteiger partial charge in [0.2, 0.25) is 0 Å². The third-order valence-corrected chi connectivity index (χ3v) is 5.72. The second-order valence-corrected chi connectivity index (χ2v) is 8.25. The van der Waals surface area contributed by atoms with E-state index in [2.05, 4.69) is 17.3 Å². The smallest absolute Gasteiger partial charge is 0.342 e. The number of carbonyl (C=O) groups excluding carboxylic acids is 1. The molecule has 1 heterocycles. The number of rotatable bonds is 7. The van der Waals surface area contributed by atoms with Gasteiger partial charge in [0.25, 0.3) is 0 Å². The van der Waals surface area contributed by atoms with Crippen LogP contribution in [0.15, 0.2) is 53.6 Å². The first-order chi connectivity index (χ1) is 13.6. The number of halogens is 1. The summed E-state index contributed by atoms with van der Waals surface area (Å²) in [4.78, 5) is 12.7. The number of thioether (sulfide) groups is 1. The Labute approximate surface area is 175 Å². The SMILES string of the molecule is CCSCCC1CN(C(=O)Nc2ccc(OC)cc2)N=C1c1ccc(Cl)cc1. The first-order valence-corrected chi connectivity index (χ1v) is 10.8. The molecule has 1 aliphatic heterocycles. The Morgan fingerprint density at radius 3 is 2.61 bits per heavy atom. The summed E-state index contributed by atoms with van der Waals surface area (Å²) >= 11 is 7.92. The standard InChI is InChI=1S/C21H24ClN3O2S/c1-3-28-13-12-16-14-25(24-20(16)15-4-6-17(22)7-5-15)21(26)23-18-8-10-19(27-2)11-9-18/h4-11,16H,3,12-14H2,1-2H3,(H,23,26). The third kappa shape index (κ3) is 5.20. The molecule has 2 aromatic carbocycles. The molecule has 0 saturated carbocycles. The Morgan fingerprint density at radius 1 is 1.25 bits per heavy atom. The van der Waals surface area contributed by atoms with Gasteiger partial charge in [0.05, 0.1) is 19.4 Å². The molecule has 5 nitrogen and oxygen atoms in total. The number of carbonyl (C=O) groups is 1. The fourth-order valence-corrected chi connectivity index (χ4v) is 3.92. The minimum atomic E-state index is -0.234. The molecule has 7 heteroatoms. The highest BCUT2D eigenvalue weighted by Gasteiger charge is 2.30. The predicted molar refractivity (Wildman–Crippen MR) is 118 cm³/mol. The molecule has 0 aliphatic carbocycles. The monoisotopic (exact) mass is 417 g/mol. The van der Waals surface area contributed by atoms with Crippen LogP contribution < -0.4 is 10.1 Å². The summed E-state index contributed by atoms with van der Waals surface area (Å²) < 4.78 is 5.15. The lowest BCUT2D eigenvalue weighted by Gasteiger charge is -2.15. The zero-order chi connectivity index (χ0) is 19.9. The average Bonchev–Trinajstić information content (AvgIpc) is 3.14. The Balaban J connectivity index is 1.74. The number of nitrogens with zero attached hydrogens (tertiary/aromatic N) is 2. The fraction of sp³-hybridized carbons (Fsp3) is 0.333. The largest absolute Gasteiger partial charge is 0.497 e. The van der Waals surface area contributed by atoms with Crippen LogP contribution in [0, 0.1) is 5.92 Å². The van der Waals surface area contributed by atoms with Crippen molar-refractivity contribution in [1.82, 2.24) is 5.01 Å². The number of nitrogens with one attached hydrogen (secondary N) is 1. The summed E-state index contributed by atoms with van der Waals surface area (Å²) in [5.74, 6) is 3.08. The van der Waals surface area contributed by atoms with Gasteiger partial charge < -0.3 is 10.1 Å². The van der Waals surface area contributed by atoms with E-state index in [1.165, 1.54) is 5.01 Å². The molecule has 3 rings (SSSR count). The number of hydrogen-bond donors (Lipinski definition) is 1. The van der Waals surface area contributed by atoms with E-state index < -0.39 is 0 Å². The van der Waals surface area contributed by atoms with Crippen LogP contribution in [0.25, 0.3) is 0 Å². The highest BCUT2D eigenvalue weighted by Crippen LogP contribution is 2.26. The lowest BCUT2D eigenvalue weighted by molar-refractivity contribution is 0.215. The van der Waals surface area contributed by atoms with Gasteiger partial charge in [-0.15, -0.1) is 0 Å². The van der Waals surface area contributed by atoms with Crippen LogP contribution in [0.1, 0.15) is 18.9 Å². The van der Waals surface area contributed by atoms with Crippen LogP contribution in [0.3, 0.4) is 0 Å². The van der Waals surface area contributed by atoms with Crippen molar-refractivity contribution in [3.63, 3.8) is 0 Å². The van der Waals surface area contributed by atoms with Crippen LogP contribution in [-0.2, 0) is 0 Å². The van der Waals surface area contributed by atoms with Crippen molar-refractivity contribution in [1.29, 1.82) is 0 Å². The van der Waals surface area contributed by atoms with Crippen LogP contribution in [0.5, 0.6) is 5.75 Å². The van der Waals surface area contributed by atoms with Gasteiger partial charge in [-0.05, 0) is 59.9 Å². The van der Waals surface area contributed by atoms with E-state index in [1.807, 2.05) is 60.3 Å². The number of anilines is 1. The Kier molecular flexibility index (Phi) is 7.23. The Hall–Kier alpha value is -2.18. The van der Waals surface area contributed by atoms with E-state index in [9.17, 15) is 4.79 Å². The molecule has 1 aliphatic rings. The highest BCUT2D eigenvalue weighted by atomic mass is 35.5. The average molecular weight is 418 g/mol. The molecule has 1 N–H and O–H groups in total. The fourth-order valence-electron chi connectivity index (χ4n) is 3.05. The topological polar surface area (TPSA) is 53.9 Å². The lowest BCUT2D eigenvalue weighted by atomic mass is 9.95. The molecular formula is C21H24ClN3O2S. The normalized spacial score (nSPS) is 16.0. The van der Waals surface area contributed by atoms with Crippen molar-refractivity contribution < 1.29 is 9.53 Å². The van der Waals surface area contributed by atoms with E-state index in [-0.39, 0.29) is 11.9 Å². The number of methoxy groups -OCH3 is 1. The predicted octanol–water partition coefficient (Wildman–Crippen LogP) is 5.36. The van der Waals surface area contributed by atoms with Gasteiger partial charge >= 0.3 is 6.03 Å². The molecule has 0 radical (unpaired) electrons. The van der Waals surface area contributed by atoms with E-state index in [0.29, 0.717) is 17.3 Å². The Morgan fingerprint density at radius 2 is 1.96 bits per heavy atom. The second kappa shape index (κ2) is 9.85. The molecule has 28 heavy (non-hydrogen) atoms. The number of urea groups is 1. The van der Waals surface area contributed by atoms with Gasteiger partial charge in [0.15, 0.2) is 0 Å². The molecule has 1 atom stereocenters. The number of amides is 2. The molecule has 2 amide bonds. The van der Waals surface area contributed by atoms with Crippen molar-refractivity contribution in [3.8, 4) is 5.75 Å². The highest BCUT2D eigenvalue weighted by molar-refractivity contribution is 7.99. The molecule has 0 aromatic heterocycles. The molecule has 0 spiro atoms. The first kappa shape index (κ1) is 20.6. The van der Waals surface area contributed by atoms with Gasteiger partial charge in [-0.1, -0.05) is 30.7 Å². The summed E-state index contributed by atoms with van der Waals surface area (Å²) in [6.45, 7) is 2.73. The lowest BCUT2D eigenvalue weighted by Crippen LogP contribution is -2.30. The van der Waals surface area contributed by atoms with Crippen molar-refractivity contribution >= 4 is 40.8 Å². The van der Waals surface area contributed by atoms with E-state index in [4.69, 9.17) is 16.3 Å². The Bertz CT molecular complexity index is 825. The van der Waals surface area contributed by atoms with Crippen molar-refractivity contribution in [2.75, 3.05) is 30.5 Å². The van der Waals surface area contributed by atoms with Gasteiger partial charge in [0.1, 0.15) is 5.75 Å². The summed E-state index contributed by atoms with van der Waals surface area (Å²) in [5, 5.41) is 9.75. The minimum absolute atomic E-state index is 0.210. The molecule has 0 bridgehead atoms. The maximum absolute atomic E-state index is 12.7. The molecular weight excluding hydrogens is 394 g/mol. The first-order valence-electron chi connectivity index (χ1n) is 9.25. The summed E-state index contributed by atoms with van der Waals surface area (Å²) in [6, 6.07) is 14.7. The van der Waals surface area contributed by atoms with Crippen LogP contribution in [-0.4, -0.2) is 41.9 Å². The van der Waals surface area contributed by atoms with Gasteiger partial charge in [-0.2, -0.15) is 16.9 Å². The maximum atomic E-state index is 12.7. The quantitative estimate of drug-likeness (QED) is 0.617. The number of hydrazone groups is 1. The number of ether oxygens (including phenoxy) is 1. The summed E-state index contributed by atoms with van der Waals surface area (Å²) in [6.07, 6.45) is 0.978. The zero-order valence-electron chi connectivity index (χ0n) is 16.0. The van der Waals surface area contributed by atoms with Gasteiger partial charge in [0, 0.05) is 16.6 Å². The zero-order valence-corrected chi connectivity index (χ0v) is 17.6. The number of benzene rings is 2. The summed E-state index contributed by atoms with van der Waals surface area (Å²) in [7, 11) is 1.61. The van der Waals surface area contributed by atoms with Crippen molar-refractivity contribution in [2.24, 2.45) is 11.0 Å². The van der Waals surface area contributed by atoms with Crippen LogP contribution >= 0.6 is 23.4 Å². The molecule has 2 aromatic rings. The molecule has 1 unspecified atom stereocenters.